The molecule has 2 unspecified atom stereocenters. The number of carbonyl (C=O) groups excluding carboxylic acids is 1. The van der Waals surface area contributed by atoms with Gasteiger partial charge in [-0.1, -0.05) is 0 Å². The van der Waals surface area contributed by atoms with Gasteiger partial charge in [-0.25, -0.2) is 0 Å². The van der Waals surface area contributed by atoms with Gasteiger partial charge in [0.2, 0.25) is 5.78 Å². The number of fused-ring (bicyclic) bond motifs is 1. The normalized spacial score (nSPS) is 20.0. The van der Waals surface area contributed by atoms with Gasteiger partial charge in [-0.2, -0.15) is 0 Å². The van der Waals surface area contributed by atoms with Gasteiger partial charge in [0, 0.05) is 23.8 Å². The minimum Gasteiger partial charge on any atom is -0.508 e. The summed E-state index contributed by atoms with van der Waals surface area (Å²) >= 11 is 0. The first-order valence-electron chi connectivity index (χ1n) is 6.49. The zero-order valence-electron chi connectivity index (χ0n) is 11.5. The molecule has 2 aromatic rings. The molecule has 0 aliphatic carbocycles. The van der Waals surface area contributed by atoms with Crippen LogP contribution in [0.3, 0.4) is 0 Å². The Morgan fingerprint density at radius 1 is 0.870 bits per heavy atom. The summed E-state index contributed by atoms with van der Waals surface area (Å²) in [4.78, 5) is 12.2. The van der Waals surface area contributed by atoms with Crippen LogP contribution < -0.4 is 4.74 Å². The van der Waals surface area contributed by atoms with E-state index in [-0.39, 0.29) is 22.6 Å². The second-order valence-corrected chi connectivity index (χ2v) is 5.09. The molecule has 0 fully saturated rings. The monoisotopic (exact) mass is 320 g/mol. The van der Waals surface area contributed by atoms with Crippen molar-refractivity contribution in [2.24, 2.45) is 0 Å². The molecule has 0 spiro atoms. The van der Waals surface area contributed by atoms with Gasteiger partial charge >= 0.3 is 0 Å². The Bertz CT molecular complexity index is 814. The predicted molar refractivity (Wildman–Crippen MR) is 74.9 cm³/mol. The molecule has 1 heterocycles. The maximum absolute atomic E-state index is 12.2. The number of carbonyl (C=O) groups is 1. The molecule has 3 rings (SSSR count). The Morgan fingerprint density at radius 2 is 1.48 bits per heavy atom. The molecule has 0 saturated heterocycles. The number of aliphatic hydroxyl groups is 1. The number of hydrogen-bond acceptors (Lipinski definition) is 8. The van der Waals surface area contributed by atoms with Crippen molar-refractivity contribution in [1.29, 1.82) is 0 Å². The third-order valence-corrected chi connectivity index (χ3v) is 3.53. The van der Waals surface area contributed by atoms with Crippen LogP contribution in [0.15, 0.2) is 24.3 Å². The van der Waals surface area contributed by atoms with E-state index in [1.807, 2.05) is 0 Å². The van der Waals surface area contributed by atoms with Crippen molar-refractivity contribution in [2.45, 2.75) is 12.2 Å². The third kappa shape index (κ3) is 2.25. The fraction of sp³-hybridized carbons (Fsp3) is 0.133. The smallest absolute Gasteiger partial charge is 0.202 e. The highest BCUT2D eigenvalue weighted by Gasteiger charge is 2.40. The van der Waals surface area contributed by atoms with E-state index in [0.29, 0.717) is 0 Å². The lowest BCUT2D eigenvalue weighted by Crippen LogP contribution is -2.36. The molecule has 1 aliphatic rings. The fourth-order valence-electron chi connectivity index (χ4n) is 2.49. The number of phenols is 5. The van der Waals surface area contributed by atoms with E-state index in [1.54, 1.807) is 0 Å². The van der Waals surface area contributed by atoms with Crippen molar-refractivity contribution in [1.82, 2.24) is 0 Å². The summed E-state index contributed by atoms with van der Waals surface area (Å²) in [6.07, 6.45) is -3.25. The summed E-state index contributed by atoms with van der Waals surface area (Å²) in [6.45, 7) is 0. The highest BCUT2D eigenvalue weighted by atomic mass is 16.5. The van der Waals surface area contributed by atoms with Crippen LogP contribution >= 0.6 is 0 Å². The molecule has 8 nitrogen and oxygen atoms in total. The van der Waals surface area contributed by atoms with E-state index in [0.717, 1.165) is 24.3 Å². The Balaban J connectivity index is 2.15. The lowest BCUT2D eigenvalue weighted by molar-refractivity contribution is 0.0201. The summed E-state index contributed by atoms with van der Waals surface area (Å²) < 4.78 is 5.38. The molecule has 0 amide bonds. The second kappa shape index (κ2) is 4.96. The van der Waals surface area contributed by atoms with Crippen molar-refractivity contribution >= 4 is 5.78 Å². The molecule has 8 heteroatoms. The van der Waals surface area contributed by atoms with Gasteiger partial charge in [-0.15, -0.1) is 0 Å². The number of Topliss-reactive ketones (excluding diaryl/α,β-unsaturated/α-hetero) is 1. The van der Waals surface area contributed by atoms with Gasteiger partial charge < -0.3 is 35.4 Å². The number of rotatable bonds is 1. The highest BCUT2D eigenvalue weighted by molar-refractivity contribution is 6.05. The fourth-order valence-corrected chi connectivity index (χ4v) is 2.49. The lowest BCUT2D eigenvalue weighted by atomic mass is 9.92. The van der Waals surface area contributed by atoms with Gasteiger partial charge in [0.1, 0.15) is 28.6 Å². The lowest BCUT2D eigenvalue weighted by Gasteiger charge is -2.30. The first kappa shape index (κ1) is 14.8. The van der Waals surface area contributed by atoms with E-state index in [1.165, 1.54) is 0 Å². The van der Waals surface area contributed by atoms with E-state index in [2.05, 4.69) is 0 Å². The molecular weight excluding hydrogens is 308 g/mol. The molecule has 0 bridgehead atoms. The number of ketones is 1. The molecule has 0 saturated carbocycles. The average molecular weight is 320 g/mol. The zero-order chi connectivity index (χ0) is 16.9. The van der Waals surface area contributed by atoms with Crippen LogP contribution in [0.4, 0.5) is 0 Å². The molecular formula is C15H12O8. The highest BCUT2D eigenvalue weighted by Crippen LogP contribution is 2.45. The molecule has 0 radical (unpaired) electrons. The number of aromatic hydroxyl groups is 5. The number of benzene rings is 2. The Labute approximate surface area is 129 Å². The minimum absolute atomic E-state index is 0.204. The van der Waals surface area contributed by atoms with E-state index in [4.69, 9.17) is 4.74 Å². The largest absolute Gasteiger partial charge is 0.508 e. The van der Waals surface area contributed by atoms with Crippen LogP contribution in [-0.4, -0.2) is 42.5 Å². The quantitative estimate of drug-likeness (QED) is 0.335. The topological polar surface area (TPSA) is 148 Å². The maximum Gasteiger partial charge on any atom is 0.202 e. The Hall–Kier alpha value is -3.13. The van der Waals surface area contributed by atoms with Crippen LogP contribution in [0.1, 0.15) is 22.0 Å². The summed E-state index contributed by atoms with van der Waals surface area (Å²) in [5, 5.41) is 58.2. The molecule has 1 aliphatic heterocycles. The zero-order valence-corrected chi connectivity index (χ0v) is 11.5. The van der Waals surface area contributed by atoms with Crippen LogP contribution in [0.5, 0.6) is 34.5 Å². The molecule has 2 atom stereocenters. The molecule has 120 valence electrons. The van der Waals surface area contributed by atoms with Crippen LogP contribution in [0.25, 0.3) is 0 Å². The van der Waals surface area contributed by atoms with E-state index in [9.17, 15) is 35.4 Å². The van der Waals surface area contributed by atoms with Crippen molar-refractivity contribution in [3.63, 3.8) is 0 Å². The third-order valence-electron chi connectivity index (χ3n) is 3.53. The van der Waals surface area contributed by atoms with E-state index < -0.39 is 41.0 Å². The number of phenolic OH excluding ortho intramolecular Hbond substituents is 5. The summed E-state index contributed by atoms with van der Waals surface area (Å²) in [5.41, 5.74) is -0.535. The molecule has 0 aromatic heterocycles. The van der Waals surface area contributed by atoms with Gasteiger partial charge in [0.25, 0.3) is 0 Å². The predicted octanol–water partition coefficient (Wildman–Crippen LogP) is 0.892. The first-order valence-corrected chi connectivity index (χ1v) is 6.49. The first-order chi connectivity index (χ1) is 10.8. The maximum atomic E-state index is 12.2. The Morgan fingerprint density at radius 3 is 2.17 bits per heavy atom. The van der Waals surface area contributed by atoms with Gasteiger partial charge in [-0.05, 0) is 6.07 Å². The van der Waals surface area contributed by atoms with Crippen LogP contribution in [0.2, 0.25) is 0 Å². The summed E-state index contributed by atoms with van der Waals surface area (Å²) in [7, 11) is 0. The van der Waals surface area contributed by atoms with Crippen molar-refractivity contribution in [2.75, 3.05) is 0 Å². The number of hydrogen-bond donors (Lipinski definition) is 6. The summed E-state index contributed by atoms with van der Waals surface area (Å²) in [6, 6.07) is 3.88. The van der Waals surface area contributed by atoms with Crippen LogP contribution in [-0.2, 0) is 0 Å². The van der Waals surface area contributed by atoms with Crippen molar-refractivity contribution < 1.29 is 40.2 Å². The van der Waals surface area contributed by atoms with Gasteiger partial charge in [0.05, 0.1) is 0 Å². The van der Waals surface area contributed by atoms with E-state index >= 15 is 0 Å². The number of aliphatic hydroxyl groups excluding tert-OH is 1. The summed E-state index contributed by atoms with van der Waals surface area (Å²) in [5.74, 6) is -3.78. The molecule has 2 aromatic carbocycles. The number of ether oxygens (including phenoxy) is 1. The second-order valence-electron chi connectivity index (χ2n) is 5.09. The molecule has 23 heavy (non-hydrogen) atoms. The Kier molecular flexibility index (Phi) is 3.19. The minimum atomic E-state index is -1.80. The van der Waals surface area contributed by atoms with Crippen molar-refractivity contribution in [3.8, 4) is 34.5 Å². The average Bonchev–Trinajstić information content (AvgIpc) is 2.46. The SMILES string of the molecule is O=C1c2c(O)cc(O)cc2OC(c2cc(O)cc(O)c2O)C1O. The van der Waals surface area contributed by atoms with Crippen LogP contribution in [0, 0.1) is 0 Å². The van der Waals surface area contributed by atoms with Gasteiger partial charge in [-0.3, -0.25) is 4.79 Å². The van der Waals surface area contributed by atoms with Crippen molar-refractivity contribution in [3.05, 3.63) is 35.4 Å². The van der Waals surface area contributed by atoms with Gasteiger partial charge in [0.15, 0.2) is 23.7 Å². The standard InChI is InChI=1S/C15H12O8/c16-5-1-7(12(20)9(19)3-5)15-14(22)13(21)11-8(18)2-6(17)4-10(11)23-15/h1-4,14-20,22H. The molecule has 6 N–H and O–H groups in total.